The van der Waals surface area contributed by atoms with Crippen LogP contribution in [0.5, 0.6) is 0 Å². The molecule has 1 aromatic rings. The quantitative estimate of drug-likeness (QED) is 0.573. The van der Waals surface area contributed by atoms with Gasteiger partial charge in [0.25, 0.3) is 0 Å². The third kappa shape index (κ3) is 1.47. The third-order valence-electron chi connectivity index (χ3n) is 3.67. The Labute approximate surface area is 87.3 Å². The molecule has 0 aliphatic heterocycles. The smallest absolute Gasteiger partial charge is 0.0100 e. The molecule has 1 aromatic carbocycles. The lowest BCUT2D eigenvalue weighted by Gasteiger charge is -2.36. The van der Waals surface area contributed by atoms with Crippen LogP contribution in [-0.2, 0) is 5.41 Å². The van der Waals surface area contributed by atoms with Crippen LogP contribution in [0.1, 0.15) is 56.2 Å². The summed E-state index contributed by atoms with van der Waals surface area (Å²) in [5, 5.41) is 0. The van der Waals surface area contributed by atoms with Crippen molar-refractivity contribution < 1.29 is 0 Å². The summed E-state index contributed by atoms with van der Waals surface area (Å²) in [5.41, 5.74) is 4.93. The molecule has 0 saturated carbocycles. The number of hydrogen-bond acceptors (Lipinski definition) is 0. The highest BCUT2D eigenvalue weighted by Crippen LogP contribution is 2.42. The molecular formula is C14H20. The molecule has 0 N–H and O–H groups in total. The molecule has 0 aromatic heterocycles. The van der Waals surface area contributed by atoms with Gasteiger partial charge in [-0.15, -0.1) is 0 Å². The van der Waals surface area contributed by atoms with Crippen LogP contribution >= 0.6 is 0 Å². The highest BCUT2D eigenvalue weighted by atomic mass is 14.3. The average Bonchev–Trinajstić information content (AvgIpc) is 2.12. The lowest BCUT2D eigenvalue weighted by atomic mass is 9.69. The topological polar surface area (TPSA) is 0 Å². The van der Waals surface area contributed by atoms with E-state index in [1.165, 1.54) is 18.4 Å². The molecule has 2 rings (SSSR count). The Hall–Kier alpha value is -0.780. The molecule has 0 bridgehead atoms. The third-order valence-corrected chi connectivity index (χ3v) is 3.67. The van der Waals surface area contributed by atoms with Gasteiger partial charge in [0.05, 0.1) is 0 Å². The number of aryl methyl sites for hydroxylation is 1. The second-order valence-corrected chi connectivity index (χ2v) is 5.41. The summed E-state index contributed by atoms with van der Waals surface area (Å²) in [7, 11) is 0. The van der Waals surface area contributed by atoms with E-state index in [2.05, 4.69) is 45.9 Å². The van der Waals surface area contributed by atoms with E-state index in [0.29, 0.717) is 5.41 Å². The van der Waals surface area contributed by atoms with Gasteiger partial charge in [-0.05, 0) is 42.2 Å². The van der Waals surface area contributed by atoms with E-state index in [9.17, 15) is 0 Å². The molecule has 14 heavy (non-hydrogen) atoms. The zero-order valence-electron chi connectivity index (χ0n) is 9.72. The van der Waals surface area contributed by atoms with Crippen LogP contribution in [-0.4, -0.2) is 0 Å². The van der Waals surface area contributed by atoms with Crippen molar-refractivity contribution in [3.63, 3.8) is 0 Å². The van der Waals surface area contributed by atoms with Crippen LogP contribution in [0.15, 0.2) is 18.2 Å². The largest absolute Gasteiger partial charge is 0.0590 e. The van der Waals surface area contributed by atoms with Gasteiger partial charge < -0.3 is 0 Å². The van der Waals surface area contributed by atoms with Gasteiger partial charge in [0.2, 0.25) is 0 Å². The maximum atomic E-state index is 2.38. The zero-order chi connectivity index (χ0) is 10.3. The van der Waals surface area contributed by atoms with Gasteiger partial charge in [-0.1, -0.05) is 44.5 Å². The van der Waals surface area contributed by atoms with Crippen LogP contribution in [0.25, 0.3) is 0 Å². The molecule has 0 fully saturated rings. The lowest BCUT2D eigenvalue weighted by Crippen LogP contribution is -2.25. The average molecular weight is 188 g/mol. The van der Waals surface area contributed by atoms with Gasteiger partial charge in [-0.25, -0.2) is 0 Å². The van der Waals surface area contributed by atoms with Gasteiger partial charge in [0.15, 0.2) is 0 Å². The van der Waals surface area contributed by atoms with Crippen molar-refractivity contribution >= 4 is 0 Å². The number of hydrogen-bond donors (Lipinski definition) is 0. The first-order valence-electron chi connectivity index (χ1n) is 5.62. The van der Waals surface area contributed by atoms with E-state index in [1.54, 1.807) is 11.1 Å². The highest BCUT2D eigenvalue weighted by molar-refractivity contribution is 5.40. The van der Waals surface area contributed by atoms with E-state index >= 15 is 0 Å². The van der Waals surface area contributed by atoms with Gasteiger partial charge >= 0.3 is 0 Å². The second-order valence-electron chi connectivity index (χ2n) is 5.41. The maximum Gasteiger partial charge on any atom is -0.0100 e. The standard InChI is InChI=1S/C14H20/c1-10-5-6-12-11(2)7-8-14(3,4)13(12)9-10/h5-6,9,11H,7-8H2,1-4H3. The van der Waals surface area contributed by atoms with Crippen LogP contribution in [0.4, 0.5) is 0 Å². The second kappa shape index (κ2) is 3.12. The fourth-order valence-corrected chi connectivity index (χ4v) is 2.55. The molecule has 1 aliphatic carbocycles. The first-order valence-corrected chi connectivity index (χ1v) is 5.62. The van der Waals surface area contributed by atoms with Gasteiger partial charge in [-0.2, -0.15) is 0 Å². The van der Waals surface area contributed by atoms with Crippen molar-refractivity contribution in [1.82, 2.24) is 0 Å². The molecule has 1 unspecified atom stereocenters. The molecule has 1 aliphatic rings. The Balaban J connectivity index is 2.58. The van der Waals surface area contributed by atoms with Gasteiger partial charge in [-0.3, -0.25) is 0 Å². The van der Waals surface area contributed by atoms with E-state index in [0.717, 1.165) is 5.92 Å². The number of rotatable bonds is 0. The van der Waals surface area contributed by atoms with Crippen LogP contribution in [0.2, 0.25) is 0 Å². The highest BCUT2D eigenvalue weighted by Gasteiger charge is 2.30. The molecule has 0 nitrogen and oxygen atoms in total. The minimum absolute atomic E-state index is 0.383. The van der Waals surface area contributed by atoms with Crippen molar-refractivity contribution in [1.29, 1.82) is 0 Å². The van der Waals surface area contributed by atoms with E-state index < -0.39 is 0 Å². The SMILES string of the molecule is Cc1ccc2c(c1)C(C)(C)CCC2C. The summed E-state index contributed by atoms with van der Waals surface area (Å²) in [5.74, 6) is 0.749. The lowest BCUT2D eigenvalue weighted by molar-refractivity contribution is 0.402. The Morgan fingerprint density at radius 2 is 2.00 bits per heavy atom. The maximum absolute atomic E-state index is 2.38. The summed E-state index contributed by atoms with van der Waals surface area (Å²) in [6.07, 6.45) is 2.66. The summed E-state index contributed by atoms with van der Waals surface area (Å²) >= 11 is 0. The first kappa shape index (κ1) is 9.76. The van der Waals surface area contributed by atoms with E-state index in [-0.39, 0.29) is 0 Å². The normalized spacial score (nSPS) is 24.4. The first-order chi connectivity index (χ1) is 6.50. The van der Waals surface area contributed by atoms with Gasteiger partial charge in [0.1, 0.15) is 0 Å². The van der Waals surface area contributed by atoms with Crippen molar-refractivity contribution in [3.8, 4) is 0 Å². The molecule has 0 heteroatoms. The van der Waals surface area contributed by atoms with Crippen LogP contribution in [0, 0.1) is 6.92 Å². The van der Waals surface area contributed by atoms with Crippen molar-refractivity contribution in [2.75, 3.05) is 0 Å². The summed E-state index contributed by atoms with van der Waals surface area (Å²) < 4.78 is 0. The summed E-state index contributed by atoms with van der Waals surface area (Å²) in [6, 6.07) is 6.96. The Kier molecular flexibility index (Phi) is 2.17. The summed E-state index contributed by atoms with van der Waals surface area (Å²) in [4.78, 5) is 0. The molecule has 0 radical (unpaired) electrons. The van der Waals surface area contributed by atoms with E-state index in [4.69, 9.17) is 0 Å². The Morgan fingerprint density at radius 3 is 2.71 bits per heavy atom. The van der Waals surface area contributed by atoms with E-state index in [1.807, 2.05) is 0 Å². The number of benzene rings is 1. The molecule has 76 valence electrons. The fourth-order valence-electron chi connectivity index (χ4n) is 2.55. The minimum Gasteiger partial charge on any atom is -0.0590 e. The number of fused-ring (bicyclic) bond motifs is 1. The molecule has 1 atom stereocenters. The summed E-state index contributed by atoms with van der Waals surface area (Å²) in [6.45, 7) is 9.29. The molecule has 0 amide bonds. The fraction of sp³-hybridized carbons (Fsp3) is 0.571. The predicted molar refractivity (Wildman–Crippen MR) is 61.9 cm³/mol. The predicted octanol–water partition coefficient (Wildman–Crippen LogP) is 4.17. The Bertz CT molecular complexity index is 347. The van der Waals surface area contributed by atoms with Crippen molar-refractivity contribution in [2.24, 2.45) is 0 Å². The monoisotopic (exact) mass is 188 g/mol. The molecule has 0 heterocycles. The minimum atomic E-state index is 0.383. The Morgan fingerprint density at radius 1 is 1.29 bits per heavy atom. The van der Waals surface area contributed by atoms with Crippen molar-refractivity contribution in [3.05, 3.63) is 34.9 Å². The van der Waals surface area contributed by atoms with Gasteiger partial charge in [0, 0.05) is 0 Å². The van der Waals surface area contributed by atoms with Crippen molar-refractivity contribution in [2.45, 2.75) is 51.9 Å². The molecule has 0 saturated heterocycles. The van der Waals surface area contributed by atoms with Crippen LogP contribution in [0.3, 0.4) is 0 Å². The molecular weight excluding hydrogens is 168 g/mol. The molecule has 0 spiro atoms. The zero-order valence-corrected chi connectivity index (χ0v) is 9.72. The van der Waals surface area contributed by atoms with Crippen LogP contribution < -0.4 is 0 Å².